The Morgan fingerprint density at radius 1 is 1.47 bits per heavy atom. The number of imidazole rings is 1. The molecule has 3 rings (SSSR count). The molecule has 0 aliphatic carbocycles. The summed E-state index contributed by atoms with van der Waals surface area (Å²) >= 11 is 4.94. The molecule has 2 aromatic rings. The van der Waals surface area contributed by atoms with Crippen LogP contribution in [0, 0.1) is 6.92 Å². The lowest BCUT2D eigenvalue weighted by Crippen LogP contribution is -2.17. The molecule has 17 heavy (non-hydrogen) atoms. The summed E-state index contributed by atoms with van der Waals surface area (Å²) in [6.45, 7) is 2.67. The van der Waals surface area contributed by atoms with Crippen LogP contribution >= 0.6 is 12.2 Å². The number of aryl methyl sites for hydroxylation is 1. The van der Waals surface area contributed by atoms with Crippen LogP contribution in [-0.4, -0.2) is 21.3 Å². The van der Waals surface area contributed by atoms with Gasteiger partial charge in [-0.05, 0) is 6.92 Å². The largest absolute Gasteiger partial charge is 0.454 e. The highest BCUT2D eigenvalue weighted by molar-refractivity contribution is 7.80. The molecule has 2 N–H and O–H groups in total. The summed E-state index contributed by atoms with van der Waals surface area (Å²) in [6.07, 6.45) is 0. The van der Waals surface area contributed by atoms with Crippen molar-refractivity contribution in [1.29, 1.82) is 0 Å². The zero-order chi connectivity index (χ0) is 12.0. The second kappa shape index (κ2) is 3.59. The molecule has 0 radical (unpaired) electrons. The Hall–Kier alpha value is -1.82. The predicted molar refractivity (Wildman–Crippen MR) is 67.4 cm³/mol. The molecule has 0 saturated heterocycles. The predicted octanol–water partition coefficient (Wildman–Crippen LogP) is 1.36. The van der Waals surface area contributed by atoms with Crippen molar-refractivity contribution in [2.24, 2.45) is 5.73 Å². The summed E-state index contributed by atoms with van der Waals surface area (Å²) in [7, 11) is 0. The van der Waals surface area contributed by atoms with Gasteiger partial charge in [0.25, 0.3) is 0 Å². The minimum atomic E-state index is 0.260. The molecule has 2 heterocycles. The molecule has 88 valence electrons. The molecule has 1 aliphatic rings. The first-order valence-electron chi connectivity index (χ1n) is 5.20. The van der Waals surface area contributed by atoms with Gasteiger partial charge in [0, 0.05) is 12.1 Å². The molecule has 1 aromatic carbocycles. The highest BCUT2D eigenvalue weighted by Gasteiger charge is 2.18. The molecule has 0 bridgehead atoms. The third-order valence-corrected chi connectivity index (χ3v) is 2.88. The van der Waals surface area contributed by atoms with E-state index in [0.717, 1.165) is 28.4 Å². The standard InChI is InChI=1S/C11H11N3O2S/c1-6-13-7-2-9-10(16-5-15-9)3-8(7)14(6)4-11(12)17/h2-3H,4-5H2,1H3,(H2,12,17). The lowest BCUT2D eigenvalue weighted by Gasteiger charge is -2.05. The maximum absolute atomic E-state index is 5.58. The Labute approximate surface area is 103 Å². The molecule has 1 aromatic heterocycles. The highest BCUT2D eigenvalue weighted by atomic mass is 32.1. The Balaban J connectivity index is 2.21. The van der Waals surface area contributed by atoms with Gasteiger partial charge in [0.2, 0.25) is 6.79 Å². The van der Waals surface area contributed by atoms with Crippen LogP contribution in [0.5, 0.6) is 11.5 Å². The Bertz CT molecular complexity index is 621. The van der Waals surface area contributed by atoms with Crippen molar-refractivity contribution in [2.75, 3.05) is 6.79 Å². The summed E-state index contributed by atoms with van der Waals surface area (Å²) in [5, 5.41) is 0. The van der Waals surface area contributed by atoms with Gasteiger partial charge >= 0.3 is 0 Å². The van der Waals surface area contributed by atoms with E-state index in [4.69, 9.17) is 27.4 Å². The van der Waals surface area contributed by atoms with Crippen molar-refractivity contribution < 1.29 is 9.47 Å². The second-order valence-corrected chi connectivity index (χ2v) is 4.43. The summed E-state index contributed by atoms with van der Waals surface area (Å²) < 4.78 is 12.6. The van der Waals surface area contributed by atoms with Crippen molar-refractivity contribution in [2.45, 2.75) is 13.5 Å². The molecule has 0 amide bonds. The lowest BCUT2D eigenvalue weighted by molar-refractivity contribution is 0.174. The third kappa shape index (κ3) is 1.61. The van der Waals surface area contributed by atoms with Crippen LogP contribution in [0.2, 0.25) is 0 Å². The molecular formula is C11H11N3O2S. The van der Waals surface area contributed by atoms with Gasteiger partial charge in [-0.2, -0.15) is 0 Å². The average molecular weight is 249 g/mol. The van der Waals surface area contributed by atoms with Gasteiger partial charge in [0.15, 0.2) is 11.5 Å². The SMILES string of the molecule is Cc1nc2cc3c(cc2n1CC(N)=S)OCO3. The number of aromatic nitrogens is 2. The van der Waals surface area contributed by atoms with E-state index in [1.54, 1.807) is 0 Å². The molecule has 0 saturated carbocycles. The van der Waals surface area contributed by atoms with Crippen LogP contribution in [0.25, 0.3) is 11.0 Å². The zero-order valence-corrected chi connectivity index (χ0v) is 10.1. The molecular weight excluding hydrogens is 238 g/mol. The van der Waals surface area contributed by atoms with Crippen molar-refractivity contribution >= 4 is 28.2 Å². The maximum Gasteiger partial charge on any atom is 0.231 e. The number of hydrogen-bond acceptors (Lipinski definition) is 4. The number of thiocarbonyl (C=S) groups is 1. The number of benzene rings is 1. The average Bonchev–Trinajstić information content (AvgIpc) is 2.81. The number of hydrogen-bond donors (Lipinski definition) is 1. The van der Waals surface area contributed by atoms with Crippen LogP contribution in [0.15, 0.2) is 12.1 Å². The minimum absolute atomic E-state index is 0.260. The van der Waals surface area contributed by atoms with Crippen LogP contribution in [0.1, 0.15) is 5.82 Å². The molecule has 0 fully saturated rings. The first-order chi connectivity index (χ1) is 8.15. The molecule has 6 heteroatoms. The number of fused-ring (bicyclic) bond motifs is 2. The van der Waals surface area contributed by atoms with Crippen LogP contribution in [-0.2, 0) is 6.54 Å². The fraction of sp³-hybridized carbons (Fsp3) is 0.273. The van der Waals surface area contributed by atoms with E-state index in [9.17, 15) is 0 Å². The normalized spacial score (nSPS) is 13.2. The minimum Gasteiger partial charge on any atom is -0.454 e. The fourth-order valence-corrected chi connectivity index (χ4v) is 2.12. The van der Waals surface area contributed by atoms with E-state index in [1.807, 2.05) is 23.6 Å². The number of rotatable bonds is 2. The summed E-state index contributed by atoms with van der Waals surface area (Å²) in [5.74, 6) is 2.34. The smallest absolute Gasteiger partial charge is 0.231 e. The van der Waals surface area contributed by atoms with E-state index in [-0.39, 0.29) is 6.79 Å². The topological polar surface area (TPSA) is 62.3 Å². The zero-order valence-electron chi connectivity index (χ0n) is 9.27. The summed E-state index contributed by atoms with van der Waals surface area (Å²) in [4.78, 5) is 4.89. The van der Waals surface area contributed by atoms with E-state index in [2.05, 4.69) is 4.98 Å². The van der Waals surface area contributed by atoms with Crippen LogP contribution < -0.4 is 15.2 Å². The number of ether oxygens (including phenoxy) is 2. The van der Waals surface area contributed by atoms with Crippen molar-refractivity contribution in [1.82, 2.24) is 9.55 Å². The summed E-state index contributed by atoms with van der Waals surface area (Å²) in [6, 6.07) is 3.79. The van der Waals surface area contributed by atoms with Crippen molar-refractivity contribution in [3.05, 3.63) is 18.0 Å². The van der Waals surface area contributed by atoms with Gasteiger partial charge in [-0.3, -0.25) is 0 Å². The fourth-order valence-electron chi connectivity index (χ4n) is 1.99. The van der Waals surface area contributed by atoms with E-state index in [0.29, 0.717) is 11.5 Å². The highest BCUT2D eigenvalue weighted by Crippen LogP contribution is 2.36. The Kier molecular flexibility index (Phi) is 2.19. The Morgan fingerprint density at radius 2 is 2.18 bits per heavy atom. The quantitative estimate of drug-likeness (QED) is 0.814. The van der Waals surface area contributed by atoms with Gasteiger partial charge in [0.05, 0.1) is 22.6 Å². The van der Waals surface area contributed by atoms with Gasteiger partial charge in [0.1, 0.15) is 5.82 Å². The van der Waals surface area contributed by atoms with Gasteiger partial charge in [-0.15, -0.1) is 0 Å². The first kappa shape index (κ1) is 10.3. The van der Waals surface area contributed by atoms with Crippen molar-refractivity contribution in [3.8, 4) is 11.5 Å². The van der Waals surface area contributed by atoms with E-state index in [1.165, 1.54) is 0 Å². The Morgan fingerprint density at radius 3 is 2.88 bits per heavy atom. The summed E-state index contributed by atoms with van der Waals surface area (Å²) in [5.41, 5.74) is 7.41. The number of nitrogens with zero attached hydrogens (tertiary/aromatic N) is 2. The lowest BCUT2D eigenvalue weighted by atomic mass is 10.2. The maximum atomic E-state index is 5.58. The monoisotopic (exact) mass is 249 g/mol. The van der Waals surface area contributed by atoms with Crippen molar-refractivity contribution in [3.63, 3.8) is 0 Å². The molecule has 0 unspecified atom stereocenters. The van der Waals surface area contributed by atoms with Crippen LogP contribution in [0.3, 0.4) is 0 Å². The van der Waals surface area contributed by atoms with Crippen LogP contribution in [0.4, 0.5) is 0 Å². The molecule has 0 atom stereocenters. The molecule has 5 nitrogen and oxygen atoms in total. The van der Waals surface area contributed by atoms with E-state index >= 15 is 0 Å². The molecule has 1 aliphatic heterocycles. The van der Waals surface area contributed by atoms with Gasteiger partial charge < -0.3 is 19.8 Å². The number of nitrogens with two attached hydrogens (primary N) is 1. The van der Waals surface area contributed by atoms with E-state index < -0.39 is 0 Å². The molecule has 0 spiro atoms. The van der Waals surface area contributed by atoms with Gasteiger partial charge in [-0.1, -0.05) is 12.2 Å². The first-order valence-corrected chi connectivity index (χ1v) is 5.61. The third-order valence-electron chi connectivity index (χ3n) is 2.75. The van der Waals surface area contributed by atoms with Gasteiger partial charge in [-0.25, -0.2) is 4.98 Å². The second-order valence-electron chi connectivity index (χ2n) is 3.91.